The number of carbonyl (C=O) groups is 4. The van der Waals surface area contributed by atoms with Gasteiger partial charge in [0, 0.05) is 17.4 Å². The zero-order chi connectivity index (χ0) is 36.4. The second-order valence-corrected chi connectivity index (χ2v) is 16.9. The molecule has 2 aromatic rings. The molecule has 3 fully saturated rings. The molecule has 2 saturated heterocycles. The highest BCUT2D eigenvalue weighted by Gasteiger charge is 2.48. The second kappa shape index (κ2) is 17.5. The van der Waals surface area contributed by atoms with Gasteiger partial charge in [0.05, 0.1) is 28.9 Å². The molecule has 1 saturated carbocycles. The number of carbonyl (C=O) groups excluding carboxylic acids is 4. The van der Waals surface area contributed by atoms with Crippen molar-refractivity contribution in [1.82, 2.24) is 25.6 Å². The molecule has 2 unspecified atom stereocenters. The third kappa shape index (κ3) is 10.1. The molecule has 0 spiro atoms. The van der Waals surface area contributed by atoms with E-state index in [4.69, 9.17) is 0 Å². The standard InChI is InChI=1S/C36H47N5O8S2/c42-33(30(39-35(44)26-18-20-37-21-19-26)16-9-10-22-50(46,47)28-12-3-1-4-13-28)24-38-25-34(43)41-31-17-8-7-11-27(31)23-32(41)36(45)40-51(48,49)29-14-5-2-6-15-29/h1-6,10,12-15,22,26-27,30-32,37-38H,7-9,11,16-21,23-25H2,(H,39,44)(H,40,45)/b22-10-/t27?,30-,31?,32-/m0/s1. The summed E-state index contributed by atoms with van der Waals surface area (Å²) in [6, 6.07) is 13.4. The third-order valence-corrected chi connectivity index (χ3v) is 12.8. The Bertz CT molecular complexity index is 1780. The number of benzene rings is 2. The third-order valence-electron chi connectivity index (χ3n) is 9.93. The summed E-state index contributed by atoms with van der Waals surface area (Å²) in [5.74, 6) is -1.99. The van der Waals surface area contributed by atoms with Crippen molar-refractivity contribution in [2.24, 2.45) is 11.8 Å². The predicted octanol–water partition coefficient (Wildman–Crippen LogP) is 2.06. The van der Waals surface area contributed by atoms with E-state index in [-0.39, 0.29) is 65.3 Å². The first kappa shape index (κ1) is 38.3. The van der Waals surface area contributed by atoms with Crippen molar-refractivity contribution in [2.75, 3.05) is 26.2 Å². The molecule has 0 aromatic heterocycles. The Morgan fingerprint density at radius 1 is 0.824 bits per heavy atom. The van der Waals surface area contributed by atoms with E-state index in [1.807, 2.05) is 0 Å². The quantitative estimate of drug-likeness (QED) is 0.211. The first-order valence-corrected chi connectivity index (χ1v) is 20.6. The zero-order valence-electron chi connectivity index (χ0n) is 28.5. The first-order valence-electron chi connectivity index (χ1n) is 17.6. The Balaban J connectivity index is 1.21. The molecule has 276 valence electrons. The van der Waals surface area contributed by atoms with Crippen LogP contribution in [0.25, 0.3) is 0 Å². The van der Waals surface area contributed by atoms with Crippen LogP contribution in [0.1, 0.15) is 57.8 Å². The Hall–Kier alpha value is -3.92. The van der Waals surface area contributed by atoms with E-state index in [0.29, 0.717) is 38.8 Å². The molecule has 2 heterocycles. The molecule has 2 aliphatic heterocycles. The molecular formula is C36H47N5O8S2. The van der Waals surface area contributed by atoms with Crippen LogP contribution in [-0.4, -0.2) is 89.5 Å². The van der Waals surface area contributed by atoms with Crippen LogP contribution in [0.4, 0.5) is 0 Å². The molecule has 3 aliphatic rings. The normalized spacial score (nSPS) is 21.9. The average Bonchev–Trinajstić information content (AvgIpc) is 3.54. The van der Waals surface area contributed by atoms with Crippen LogP contribution in [0, 0.1) is 11.8 Å². The number of nitrogens with zero attached hydrogens (tertiary/aromatic N) is 1. The van der Waals surface area contributed by atoms with E-state index >= 15 is 0 Å². The largest absolute Gasteiger partial charge is 0.346 e. The SMILES string of the molecule is O=C(N[C@@H](CC/C=C\S(=O)(=O)c1ccccc1)C(=O)CNCC(=O)N1C2CCCCC2C[C@H]1C(=O)NS(=O)(=O)c1ccccc1)C1CCNCC1. The highest BCUT2D eigenvalue weighted by molar-refractivity contribution is 7.94. The summed E-state index contributed by atoms with van der Waals surface area (Å²) in [6.07, 6.45) is 6.81. The average molecular weight is 742 g/mol. The van der Waals surface area contributed by atoms with Gasteiger partial charge < -0.3 is 20.9 Å². The van der Waals surface area contributed by atoms with E-state index < -0.39 is 43.8 Å². The van der Waals surface area contributed by atoms with Crippen LogP contribution in [0.3, 0.4) is 0 Å². The van der Waals surface area contributed by atoms with Gasteiger partial charge in [0.25, 0.3) is 15.9 Å². The van der Waals surface area contributed by atoms with Crippen LogP contribution in [-0.2, 0) is 39.0 Å². The predicted molar refractivity (Wildman–Crippen MR) is 190 cm³/mol. The summed E-state index contributed by atoms with van der Waals surface area (Å²) in [6.45, 7) is 0.858. The number of nitrogens with one attached hydrogen (secondary N) is 4. The van der Waals surface area contributed by atoms with Gasteiger partial charge in [0.1, 0.15) is 6.04 Å². The van der Waals surface area contributed by atoms with Crippen LogP contribution in [0.5, 0.6) is 0 Å². The number of hydrogen-bond acceptors (Lipinski definition) is 10. The summed E-state index contributed by atoms with van der Waals surface area (Å²) in [7, 11) is -7.81. The first-order chi connectivity index (χ1) is 24.5. The van der Waals surface area contributed by atoms with Crippen LogP contribution >= 0.6 is 0 Å². The number of amides is 3. The van der Waals surface area contributed by atoms with Gasteiger partial charge in [0.2, 0.25) is 11.8 Å². The smallest absolute Gasteiger partial charge is 0.264 e. The summed E-state index contributed by atoms with van der Waals surface area (Å²) in [5, 5.41) is 10.1. The van der Waals surface area contributed by atoms with Gasteiger partial charge in [0.15, 0.2) is 15.6 Å². The molecule has 5 rings (SSSR count). The summed E-state index contributed by atoms with van der Waals surface area (Å²) >= 11 is 0. The van der Waals surface area contributed by atoms with Crippen molar-refractivity contribution in [3.8, 4) is 0 Å². The minimum absolute atomic E-state index is 0.0538. The molecule has 3 amide bonds. The molecular weight excluding hydrogens is 695 g/mol. The zero-order valence-corrected chi connectivity index (χ0v) is 30.2. The maximum Gasteiger partial charge on any atom is 0.264 e. The van der Waals surface area contributed by atoms with Crippen LogP contribution in [0.15, 0.2) is 81.9 Å². The minimum Gasteiger partial charge on any atom is -0.346 e. The fourth-order valence-electron chi connectivity index (χ4n) is 7.25. The molecule has 15 heteroatoms. The molecule has 0 radical (unpaired) electrons. The number of hydrogen-bond donors (Lipinski definition) is 4. The Kier molecular flexibility index (Phi) is 13.2. The fourth-order valence-corrected chi connectivity index (χ4v) is 9.37. The van der Waals surface area contributed by atoms with E-state index in [9.17, 15) is 36.0 Å². The number of rotatable bonds is 15. The number of ketones is 1. The van der Waals surface area contributed by atoms with Gasteiger partial charge in [-0.1, -0.05) is 55.3 Å². The number of Topliss-reactive ketones (excluding diaryl/α,β-unsaturated/α-hetero) is 1. The van der Waals surface area contributed by atoms with Crippen molar-refractivity contribution < 1.29 is 36.0 Å². The van der Waals surface area contributed by atoms with Crippen LogP contribution < -0.4 is 20.7 Å². The number of likely N-dealkylation sites (tertiary alicyclic amines) is 1. The number of fused-ring (bicyclic) bond motifs is 1. The van der Waals surface area contributed by atoms with Gasteiger partial charge in [-0.25, -0.2) is 21.6 Å². The second-order valence-electron chi connectivity index (χ2n) is 13.4. The lowest BCUT2D eigenvalue weighted by atomic mass is 9.84. The lowest BCUT2D eigenvalue weighted by molar-refractivity contribution is -0.139. The molecule has 51 heavy (non-hydrogen) atoms. The number of sulfonamides is 1. The summed E-state index contributed by atoms with van der Waals surface area (Å²) in [5.41, 5.74) is 0. The van der Waals surface area contributed by atoms with Crippen molar-refractivity contribution in [3.63, 3.8) is 0 Å². The van der Waals surface area contributed by atoms with Gasteiger partial charge in [-0.3, -0.25) is 19.2 Å². The Labute approximate surface area is 300 Å². The molecule has 4 atom stereocenters. The molecule has 2 aromatic carbocycles. The van der Waals surface area contributed by atoms with E-state index in [1.54, 1.807) is 36.4 Å². The lowest BCUT2D eigenvalue weighted by Crippen LogP contribution is -2.53. The maximum absolute atomic E-state index is 13.7. The lowest BCUT2D eigenvalue weighted by Gasteiger charge is -2.33. The summed E-state index contributed by atoms with van der Waals surface area (Å²) < 4.78 is 53.4. The maximum atomic E-state index is 13.7. The number of piperidine rings is 1. The van der Waals surface area contributed by atoms with E-state index in [0.717, 1.165) is 24.7 Å². The van der Waals surface area contributed by atoms with Crippen molar-refractivity contribution in [2.45, 2.75) is 85.7 Å². The van der Waals surface area contributed by atoms with Gasteiger partial charge >= 0.3 is 0 Å². The van der Waals surface area contributed by atoms with Crippen molar-refractivity contribution in [3.05, 3.63) is 72.1 Å². The van der Waals surface area contributed by atoms with Crippen molar-refractivity contribution in [1.29, 1.82) is 0 Å². The summed E-state index contributed by atoms with van der Waals surface area (Å²) in [4.78, 5) is 55.3. The number of sulfone groups is 1. The minimum atomic E-state index is -4.14. The van der Waals surface area contributed by atoms with Crippen LogP contribution in [0.2, 0.25) is 0 Å². The van der Waals surface area contributed by atoms with E-state index in [2.05, 4.69) is 20.7 Å². The van der Waals surface area contributed by atoms with Gasteiger partial charge in [-0.2, -0.15) is 0 Å². The van der Waals surface area contributed by atoms with E-state index in [1.165, 1.54) is 35.2 Å². The molecule has 4 N–H and O–H groups in total. The fraction of sp³-hybridized carbons (Fsp3) is 0.500. The Morgan fingerprint density at radius 2 is 1.47 bits per heavy atom. The highest BCUT2D eigenvalue weighted by Crippen LogP contribution is 2.40. The van der Waals surface area contributed by atoms with Gasteiger partial charge in [-0.05, 0) is 88.2 Å². The van der Waals surface area contributed by atoms with Crippen molar-refractivity contribution >= 4 is 43.4 Å². The number of allylic oxidation sites excluding steroid dienone is 1. The topological polar surface area (TPSA) is 188 Å². The Morgan fingerprint density at radius 3 is 2.16 bits per heavy atom. The molecule has 13 nitrogen and oxygen atoms in total. The molecule has 1 aliphatic carbocycles. The highest BCUT2D eigenvalue weighted by atomic mass is 32.2. The molecule has 0 bridgehead atoms. The monoisotopic (exact) mass is 741 g/mol. The van der Waals surface area contributed by atoms with Gasteiger partial charge in [-0.15, -0.1) is 0 Å².